The first-order chi connectivity index (χ1) is 7.79. The van der Waals surface area contributed by atoms with Gasteiger partial charge in [0.2, 0.25) is 0 Å². The molecule has 0 amide bonds. The third-order valence-corrected chi connectivity index (χ3v) is 2.47. The van der Waals surface area contributed by atoms with E-state index in [1.165, 1.54) is 0 Å². The highest BCUT2D eigenvalue weighted by molar-refractivity contribution is 5.34. The molecule has 0 spiro atoms. The van der Waals surface area contributed by atoms with Crippen LogP contribution in [0.2, 0.25) is 0 Å². The highest BCUT2D eigenvalue weighted by atomic mass is 16.5. The van der Waals surface area contributed by atoms with Gasteiger partial charge in [0, 0.05) is 18.8 Å². The van der Waals surface area contributed by atoms with Crippen molar-refractivity contribution in [3.63, 3.8) is 0 Å². The highest BCUT2D eigenvalue weighted by Gasteiger charge is 2.11. The number of aliphatic hydroxyl groups excluding tert-OH is 1. The van der Waals surface area contributed by atoms with Gasteiger partial charge in [0.25, 0.3) is 0 Å². The van der Waals surface area contributed by atoms with Crippen molar-refractivity contribution in [2.75, 3.05) is 20.3 Å². The van der Waals surface area contributed by atoms with Crippen LogP contribution in [-0.2, 0) is 4.74 Å². The van der Waals surface area contributed by atoms with Gasteiger partial charge in [0.05, 0.1) is 13.2 Å². The monoisotopic (exact) mass is 224 g/mol. The summed E-state index contributed by atoms with van der Waals surface area (Å²) < 4.78 is 10.4. The van der Waals surface area contributed by atoms with Gasteiger partial charge in [-0.2, -0.15) is 0 Å². The van der Waals surface area contributed by atoms with E-state index in [-0.39, 0.29) is 0 Å². The predicted octanol–water partition coefficient (Wildman–Crippen LogP) is 2.55. The Balaban J connectivity index is 2.48. The van der Waals surface area contributed by atoms with E-state index >= 15 is 0 Å². The van der Waals surface area contributed by atoms with Crippen molar-refractivity contribution in [1.29, 1.82) is 0 Å². The molecule has 0 saturated heterocycles. The maximum absolute atomic E-state index is 10.00. The Labute approximate surface area is 97.0 Å². The second-order valence-corrected chi connectivity index (χ2v) is 3.60. The van der Waals surface area contributed by atoms with Gasteiger partial charge in [0.1, 0.15) is 5.75 Å². The first-order valence-corrected chi connectivity index (χ1v) is 5.68. The maximum atomic E-state index is 10.00. The van der Waals surface area contributed by atoms with E-state index in [9.17, 15) is 5.11 Å². The summed E-state index contributed by atoms with van der Waals surface area (Å²) in [7, 11) is 1.62. The van der Waals surface area contributed by atoms with Gasteiger partial charge in [-0.05, 0) is 25.8 Å². The normalized spacial score (nSPS) is 12.4. The Kier molecular flexibility index (Phi) is 5.90. The average molecular weight is 224 g/mol. The van der Waals surface area contributed by atoms with Crippen molar-refractivity contribution < 1.29 is 14.6 Å². The van der Waals surface area contributed by atoms with Crippen molar-refractivity contribution in [3.05, 3.63) is 29.8 Å². The van der Waals surface area contributed by atoms with Gasteiger partial charge < -0.3 is 14.6 Å². The molecule has 0 aliphatic rings. The van der Waals surface area contributed by atoms with Crippen LogP contribution in [0.15, 0.2) is 24.3 Å². The summed E-state index contributed by atoms with van der Waals surface area (Å²) in [6.45, 7) is 3.39. The van der Waals surface area contributed by atoms with E-state index in [0.717, 1.165) is 24.3 Å². The molecule has 0 bridgehead atoms. The minimum Gasteiger partial charge on any atom is -0.496 e. The smallest absolute Gasteiger partial charge is 0.124 e. The van der Waals surface area contributed by atoms with Crippen molar-refractivity contribution in [2.45, 2.75) is 25.9 Å². The first kappa shape index (κ1) is 13.0. The molecule has 0 fully saturated rings. The number of benzene rings is 1. The molecule has 3 nitrogen and oxygen atoms in total. The van der Waals surface area contributed by atoms with Crippen molar-refractivity contribution in [2.24, 2.45) is 0 Å². The highest BCUT2D eigenvalue weighted by Crippen LogP contribution is 2.27. The van der Waals surface area contributed by atoms with Crippen LogP contribution in [0, 0.1) is 0 Å². The van der Waals surface area contributed by atoms with Gasteiger partial charge >= 0.3 is 0 Å². The van der Waals surface area contributed by atoms with Crippen LogP contribution in [0.5, 0.6) is 5.75 Å². The number of para-hydroxylation sites is 1. The lowest BCUT2D eigenvalue weighted by atomic mass is 10.0. The molecule has 0 aliphatic carbocycles. The minimum absolute atomic E-state index is 0.475. The number of rotatable bonds is 7. The van der Waals surface area contributed by atoms with Crippen LogP contribution in [0.25, 0.3) is 0 Å². The van der Waals surface area contributed by atoms with E-state index in [1.54, 1.807) is 7.11 Å². The summed E-state index contributed by atoms with van der Waals surface area (Å²) in [5.41, 5.74) is 0.849. The average Bonchev–Trinajstić information content (AvgIpc) is 2.34. The Morgan fingerprint density at radius 3 is 2.75 bits per heavy atom. The first-order valence-electron chi connectivity index (χ1n) is 5.68. The lowest BCUT2D eigenvalue weighted by molar-refractivity contribution is 0.113. The molecule has 1 aromatic carbocycles. The summed E-state index contributed by atoms with van der Waals surface area (Å²) in [4.78, 5) is 0. The summed E-state index contributed by atoms with van der Waals surface area (Å²) >= 11 is 0. The zero-order valence-electron chi connectivity index (χ0n) is 9.98. The standard InChI is InChI=1S/C13H20O3/c1-3-16-10-6-8-12(14)11-7-4-5-9-13(11)15-2/h4-5,7,9,12,14H,3,6,8,10H2,1-2H3. The number of hydrogen-bond acceptors (Lipinski definition) is 3. The Bertz CT molecular complexity index is 299. The quantitative estimate of drug-likeness (QED) is 0.723. The third-order valence-electron chi connectivity index (χ3n) is 2.47. The second-order valence-electron chi connectivity index (χ2n) is 3.60. The summed E-state index contributed by atoms with van der Waals surface area (Å²) in [5.74, 6) is 0.742. The minimum atomic E-state index is -0.475. The maximum Gasteiger partial charge on any atom is 0.124 e. The van der Waals surface area contributed by atoms with Crippen LogP contribution >= 0.6 is 0 Å². The van der Waals surface area contributed by atoms with Crippen molar-refractivity contribution in [1.82, 2.24) is 0 Å². The molecule has 0 aromatic heterocycles. The second kappa shape index (κ2) is 7.25. The Hall–Kier alpha value is -1.06. The molecule has 16 heavy (non-hydrogen) atoms. The van der Waals surface area contributed by atoms with Crippen LogP contribution in [0.3, 0.4) is 0 Å². The fourth-order valence-electron chi connectivity index (χ4n) is 1.62. The molecule has 1 atom stereocenters. The molecule has 1 N–H and O–H groups in total. The SMILES string of the molecule is CCOCCCC(O)c1ccccc1OC. The van der Waals surface area contributed by atoms with Crippen molar-refractivity contribution in [3.8, 4) is 5.75 Å². The van der Waals surface area contributed by atoms with Gasteiger partial charge in [-0.15, -0.1) is 0 Å². The van der Waals surface area contributed by atoms with E-state index in [2.05, 4.69) is 0 Å². The molecule has 3 heteroatoms. The van der Waals surface area contributed by atoms with E-state index < -0.39 is 6.10 Å². The summed E-state index contributed by atoms with van der Waals surface area (Å²) in [6, 6.07) is 7.56. The molecule has 90 valence electrons. The molecule has 0 heterocycles. The zero-order chi connectivity index (χ0) is 11.8. The Morgan fingerprint density at radius 2 is 2.06 bits per heavy atom. The fourth-order valence-corrected chi connectivity index (χ4v) is 1.62. The molecular weight excluding hydrogens is 204 g/mol. The molecule has 0 radical (unpaired) electrons. The largest absolute Gasteiger partial charge is 0.496 e. The molecule has 0 aliphatic heterocycles. The third kappa shape index (κ3) is 3.83. The number of ether oxygens (including phenoxy) is 2. The van der Waals surface area contributed by atoms with Crippen molar-refractivity contribution >= 4 is 0 Å². The Morgan fingerprint density at radius 1 is 1.31 bits per heavy atom. The van der Waals surface area contributed by atoms with Crippen LogP contribution in [0.1, 0.15) is 31.4 Å². The lowest BCUT2D eigenvalue weighted by Crippen LogP contribution is -2.03. The van der Waals surface area contributed by atoms with Gasteiger partial charge in [0.15, 0.2) is 0 Å². The van der Waals surface area contributed by atoms with E-state index in [1.807, 2.05) is 31.2 Å². The number of methoxy groups -OCH3 is 1. The van der Waals surface area contributed by atoms with Crippen LogP contribution in [0.4, 0.5) is 0 Å². The van der Waals surface area contributed by atoms with Crippen LogP contribution < -0.4 is 4.74 Å². The topological polar surface area (TPSA) is 38.7 Å². The van der Waals surface area contributed by atoms with E-state index in [0.29, 0.717) is 13.0 Å². The van der Waals surface area contributed by atoms with Crippen LogP contribution in [-0.4, -0.2) is 25.4 Å². The molecule has 1 unspecified atom stereocenters. The van der Waals surface area contributed by atoms with Gasteiger partial charge in [-0.25, -0.2) is 0 Å². The molecule has 0 saturated carbocycles. The zero-order valence-corrected chi connectivity index (χ0v) is 9.98. The lowest BCUT2D eigenvalue weighted by Gasteiger charge is -2.14. The summed E-state index contributed by atoms with van der Waals surface area (Å²) in [6.07, 6.45) is 1.07. The number of hydrogen-bond donors (Lipinski definition) is 1. The van der Waals surface area contributed by atoms with E-state index in [4.69, 9.17) is 9.47 Å². The molecule has 1 aromatic rings. The molecular formula is C13H20O3. The van der Waals surface area contributed by atoms with Gasteiger partial charge in [-0.1, -0.05) is 18.2 Å². The fraction of sp³-hybridized carbons (Fsp3) is 0.538. The summed E-state index contributed by atoms with van der Waals surface area (Å²) in [5, 5.41) is 10.00. The predicted molar refractivity (Wildman–Crippen MR) is 63.7 cm³/mol. The molecule has 1 rings (SSSR count). The van der Waals surface area contributed by atoms with Gasteiger partial charge in [-0.3, -0.25) is 0 Å². The number of aliphatic hydroxyl groups is 1.